The van der Waals surface area contributed by atoms with E-state index >= 15 is 0 Å². The van der Waals surface area contributed by atoms with E-state index in [1.807, 2.05) is 6.07 Å². The van der Waals surface area contributed by atoms with Crippen LogP contribution in [0.5, 0.6) is 0 Å². The Morgan fingerprint density at radius 1 is 0.619 bits per heavy atom. The first-order valence-corrected chi connectivity index (χ1v) is 14.1. The van der Waals surface area contributed by atoms with Gasteiger partial charge in [-0.1, -0.05) is 123 Å². The quantitative estimate of drug-likeness (QED) is 0.174. The summed E-state index contributed by atoms with van der Waals surface area (Å²) in [4.78, 5) is 5.07. The third kappa shape index (κ3) is 12.3. The monoisotopic (exact) mass is 734 g/mol. The molecule has 0 bridgehead atoms. The van der Waals surface area contributed by atoms with Gasteiger partial charge >= 0.3 is 25.8 Å². The summed E-state index contributed by atoms with van der Waals surface area (Å²) in [5.41, 5.74) is 6.91. The fourth-order valence-corrected chi connectivity index (χ4v) is 4.21. The molecule has 4 rings (SSSR count). The number of rotatable bonds is 7. The van der Waals surface area contributed by atoms with Gasteiger partial charge in [0, 0.05) is 24.5 Å². The second kappa shape index (κ2) is 22.0. The molecular weight excluding hydrogens is 683 g/mol. The normalized spacial score (nSPS) is 10.7. The number of hydrogen-bond acceptors (Lipinski definition) is 1. The minimum atomic E-state index is -0.169. The number of benzene rings is 3. The third-order valence-corrected chi connectivity index (χ3v) is 5.92. The fraction of sp³-hybridized carbons (Fsp3) is 0.400. The average Bonchev–Trinajstić information content (AvgIpc) is 3.34. The maximum atomic E-state index is 5.41. The van der Waals surface area contributed by atoms with Gasteiger partial charge in [0.05, 0.1) is 0 Å². The number of nitrogens with zero attached hydrogens (tertiary/aromatic N) is 6. The van der Waals surface area contributed by atoms with Crippen molar-refractivity contribution in [2.45, 2.75) is 45.6 Å². The van der Waals surface area contributed by atoms with Gasteiger partial charge < -0.3 is 25.8 Å². The van der Waals surface area contributed by atoms with Crippen LogP contribution in [0.1, 0.15) is 68.0 Å². The first-order valence-electron chi connectivity index (χ1n) is 14.1. The van der Waals surface area contributed by atoms with Gasteiger partial charge in [-0.05, 0) is 17.9 Å². The standard InChI is InChI=1S/C29H32N3.3C2H6N.Hf/c1-20(2)24-17-12-18-25(21(3)4)28(24)31-27(22-13-8-6-9-14-22)26-19-32(5)29(30-26)23-15-10-7-11-16-23;3*1-3-2;/h6-21,27H,1-5H3;3*1-2H3;/q4*-1;+4. The number of para-hydroxylation sites is 1. The van der Waals surface area contributed by atoms with Crippen molar-refractivity contribution in [2.75, 3.05) is 42.3 Å². The van der Waals surface area contributed by atoms with Crippen LogP contribution in [0.25, 0.3) is 32.7 Å². The van der Waals surface area contributed by atoms with Crippen LogP contribution in [0.15, 0.2) is 85.1 Å². The zero-order valence-electron chi connectivity index (χ0n) is 27.5. The van der Waals surface area contributed by atoms with Crippen molar-refractivity contribution < 1.29 is 25.8 Å². The van der Waals surface area contributed by atoms with Crippen molar-refractivity contribution in [1.82, 2.24) is 9.55 Å². The predicted molar refractivity (Wildman–Crippen MR) is 180 cm³/mol. The minimum absolute atomic E-state index is 0. The SMILES string of the molecule is CC(C)c1cccc(C(C)C)c1[N-]C(c1ccccc1)c1cn(C)c(-c2ccccc2)n1.C[N-]C.C[N-]C.C[N-]C.[Hf+4]. The van der Waals surface area contributed by atoms with Crippen LogP contribution >= 0.6 is 0 Å². The summed E-state index contributed by atoms with van der Waals surface area (Å²) >= 11 is 0. The average molecular weight is 733 g/mol. The van der Waals surface area contributed by atoms with Crippen LogP contribution in [-0.2, 0) is 32.9 Å². The Morgan fingerprint density at radius 3 is 1.48 bits per heavy atom. The molecule has 6 nitrogen and oxygen atoms in total. The number of aryl methyl sites for hydroxylation is 1. The maximum absolute atomic E-state index is 5.41. The van der Waals surface area contributed by atoms with E-state index < -0.39 is 0 Å². The second-order valence-electron chi connectivity index (χ2n) is 10.3. The van der Waals surface area contributed by atoms with E-state index in [0.29, 0.717) is 11.8 Å². The molecule has 0 amide bonds. The molecule has 7 heteroatoms. The fourth-order valence-electron chi connectivity index (χ4n) is 4.21. The molecule has 0 radical (unpaired) electrons. The van der Waals surface area contributed by atoms with Gasteiger partial charge in [0.1, 0.15) is 5.82 Å². The van der Waals surface area contributed by atoms with E-state index in [1.54, 1.807) is 42.3 Å². The van der Waals surface area contributed by atoms with Gasteiger partial charge in [-0.2, -0.15) is 42.3 Å². The summed E-state index contributed by atoms with van der Waals surface area (Å²) in [6.07, 6.45) is 2.12. The van der Waals surface area contributed by atoms with Gasteiger partial charge in [0.2, 0.25) is 0 Å². The van der Waals surface area contributed by atoms with Crippen LogP contribution in [0.3, 0.4) is 0 Å². The molecule has 1 heterocycles. The molecule has 1 atom stereocenters. The molecule has 4 aromatic rings. The number of hydrogen-bond donors (Lipinski definition) is 0. The molecule has 224 valence electrons. The number of aromatic nitrogens is 2. The minimum Gasteiger partial charge on any atom is -0.673 e. The van der Waals surface area contributed by atoms with Crippen molar-refractivity contribution in [2.24, 2.45) is 7.05 Å². The Hall–Kier alpha value is -2.58. The zero-order chi connectivity index (χ0) is 30.8. The van der Waals surface area contributed by atoms with E-state index in [1.165, 1.54) is 11.1 Å². The van der Waals surface area contributed by atoms with Gasteiger partial charge in [0.15, 0.2) is 0 Å². The Morgan fingerprint density at radius 2 is 1.05 bits per heavy atom. The molecule has 0 aliphatic carbocycles. The van der Waals surface area contributed by atoms with Crippen LogP contribution in [-0.4, -0.2) is 51.8 Å². The molecule has 1 unspecified atom stereocenters. The van der Waals surface area contributed by atoms with E-state index in [0.717, 1.165) is 28.3 Å². The Balaban J connectivity index is 0.00000150. The summed E-state index contributed by atoms with van der Waals surface area (Å²) in [6.45, 7) is 8.96. The van der Waals surface area contributed by atoms with Crippen molar-refractivity contribution >= 4 is 5.69 Å². The van der Waals surface area contributed by atoms with E-state index in [-0.39, 0.29) is 31.9 Å². The molecule has 0 saturated carbocycles. The molecular formula is C35H50HfN6. The summed E-state index contributed by atoms with van der Waals surface area (Å²) in [6, 6.07) is 27.3. The second-order valence-corrected chi connectivity index (χ2v) is 10.3. The molecule has 0 fully saturated rings. The van der Waals surface area contributed by atoms with Crippen LogP contribution in [0.4, 0.5) is 5.69 Å². The van der Waals surface area contributed by atoms with Crippen LogP contribution < -0.4 is 0 Å². The molecule has 0 aliphatic heterocycles. The summed E-state index contributed by atoms with van der Waals surface area (Å²) in [7, 11) is 12.6. The van der Waals surface area contributed by atoms with Gasteiger partial charge in [0.25, 0.3) is 0 Å². The summed E-state index contributed by atoms with van der Waals surface area (Å²) in [5.74, 6) is 1.75. The largest absolute Gasteiger partial charge is 4.00 e. The summed E-state index contributed by atoms with van der Waals surface area (Å²) < 4.78 is 2.10. The van der Waals surface area contributed by atoms with Crippen molar-refractivity contribution in [1.29, 1.82) is 0 Å². The van der Waals surface area contributed by atoms with Crippen molar-refractivity contribution in [3.8, 4) is 11.4 Å². The molecule has 0 aliphatic rings. The first kappa shape index (κ1) is 39.4. The predicted octanol–water partition coefficient (Wildman–Crippen LogP) is 9.99. The van der Waals surface area contributed by atoms with Crippen molar-refractivity contribution in [3.63, 3.8) is 0 Å². The van der Waals surface area contributed by atoms with E-state index in [2.05, 4.69) is 134 Å². The molecule has 3 aromatic carbocycles. The van der Waals surface area contributed by atoms with E-state index in [9.17, 15) is 0 Å². The number of imidazole rings is 1. The Bertz CT molecular complexity index is 1190. The van der Waals surface area contributed by atoms with Crippen LogP contribution in [0, 0.1) is 0 Å². The third-order valence-electron chi connectivity index (χ3n) is 5.92. The molecule has 0 N–H and O–H groups in total. The zero-order valence-corrected chi connectivity index (χ0v) is 31.1. The topological polar surface area (TPSA) is 74.2 Å². The molecule has 0 saturated heterocycles. The summed E-state index contributed by atoms with van der Waals surface area (Å²) in [5, 5.41) is 15.9. The smallest absolute Gasteiger partial charge is 0.673 e. The van der Waals surface area contributed by atoms with Gasteiger partial charge in [-0.25, -0.2) is 4.98 Å². The first-order chi connectivity index (χ1) is 19.7. The van der Waals surface area contributed by atoms with Gasteiger partial charge in [-0.3, -0.25) is 0 Å². The maximum Gasteiger partial charge on any atom is 4.00 e. The molecule has 0 spiro atoms. The van der Waals surface area contributed by atoms with Gasteiger partial charge in [-0.15, -0.1) is 5.69 Å². The van der Waals surface area contributed by atoms with E-state index in [4.69, 9.17) is 10.3 Å². The van der Waals surface area contributed by atoms with Crippen molar-refractivity contribution in [3.05, 3.63) is 129 Å². The Kier molecular flexibility index (Phi) is 20.7. The molecule has 42 heavy (non-hydrogen) atoms. The molecule has 1 aromatic heterocycles. The van der Waals surface area contributed by atoms with Crippen LogP contribution in [0.2, 0.25) is 0 Å². The Labute approximate surface area is 274 Å².